The van der Waals surface area contributed by atoms with E-state index in [1.54, 1.807) is 4.90 Å². The molecule has 0 aliphatic carbocycles. The van der Waals surface area contributed by atoms with Gasteiger partial charge in [-0.2, -0.15) is 5.26 Å². The molecule has 1 saturated heterocycles. The summed E-state index contributed by atoms with van der Waals surface area (Å²) in [5.41, 5.74) is 4.95. The van der Waals surface area contributed by atoms with Crippen LogP contribution >= 0.6 is 0 Å². The molecule has 1 fully saturated rings. The number of amides is 1. The molecule has 0 N–H and O–H groups in total. The quantitative estimate of drug-likeness (QED) is 0.287. The number of nitriles is 1. The van der Waals surface area contributed by atoms with Crippen molar-refractivity contribution in [1.82, 2.24) is 4.90 Å². The highest BCUT2D eigenvalue weighted by molar-refractivity contribution is 5.70. The number of ether oxygens (including phenoxy) is 4. The van der Waals surface area contributed by atoms with Gasteiger partial charge in [-0.15, -0.1) is 0 Å². The van der Waals surface area contributed by atoms with Crippen LogP contribution in [-0.2, 0) is 28.9 Å². The Kier molecular flexibility index (Phi) is 8.04. The van der Waals surface area contributed by atoms with Gasteiger partial charge in [-0.25, -0.2) is 4.79 Å². The predicted octanol–water partition coefficient (Wildman–Crippen LogP) is 6.34. The van der Waals surface area contributed by atoms with E-state index in [1.807, 2.05) is 74.5 Å². The smallest absolute Gasteiger partial charge is 0.410 e. The van der Waals surface area contributed by atoms with E-state index in [-0.39, 0.29) is 12.2 Å². The summed E-state index contributed by atoms with van der Waals surface area (Å²) in [6.07, 6.45) is 3.04. The molecule has 2 aliphatic rings. The van der Waals surface area contributed by atoms with Crippen LogP contribution in [-0.4, -0.2) is 36.5 Å². The number of cyclic esters (lactones) is 1. The standard InChI is InChI=1S/C32H34N2O5/c1-32(2)37-22-27-19-26(11-14-29(27)39-32)30-21-34(31(35)38-30)16-15-23-9-12-28(13-10-23)36-17-4-3-6-24-7-5-8-25(18-24)20-33/h5,7-14,18-19,30H,3-4,6,15-17,21-22H2,1-2H3. The van der Waals surface area contributed by atoms with Gasteiger partial charge in [0, 0.05) is 26.0 Å². The van der Waals surface area contributed by atoms with Crippen molar-refractivity contribution < 1.29 is 23.7 Å². The molecule has 1 atom stereocenters. The van der Waals surface area contributed by atoms with Gasteiger partial charge in [-0.05, 0) is 78.8 Å². The van der Waals surface area contributed by atoms with Crippen LogP contribution in [0.25, 0.3) is 0 Å². The molecule has 0 saturated carbocycles. The van der Waals surface area contributed by atoms with Gasteiger partial charge in [-0.3, -0.25) is 0 Å². The van der Waals surface area contributed by atoms with Crippen LogP contribution in [0.1, 0.15) is 60.6 Å². The normalized spacial score (nSPS) is 17.6. The number of aryl methyl sites for hydroxylation is 1. The summed E-state index contributed by atoms with van der Waals surface area (Å²) in [6, 6.07) is 23.9. The fourth-order valence-electron chi connectivity index (χ4n) is 4.86. The summed E-state index contributed by atoms with van der Waals surface area (Å²) in [4.78, 5) is 14.3. The zero-order valence-corrected chi connectivity index (χ0v) is 22.5. The summed E-state index contributed by atoms with van der Waals surface area (Å²) in [6.45, 7) is 6.02. The maximum atomic E-state index is 12.5. The monoisotopic (exact) mass is 526 g/mol. The summed E-state index contributed by atoms with van der Waals surface area (Å²) in [5.74, 6) is 1.02. The molecule has 0 radical (unpaired) electrons. The second kappa shape index (κ2) is 11.8. The molecule has 0 aromatic heterocycles. The Hall–Kier alpha value is -4.02. The van der Waals surface area contributed by atoms with E-state index < -0.39 is 5.79 Å². The second-order valence-electron chi connectivity index (χ2n) is 10.5. The summed E-state index contributed by atoms with van der Waals surface area (Å²) in [7, 11) is 0. The largest absolute Gasteiger partial charge is 0.494 e. The van der Waals surface area contributed by atoms with Crippen molar-refractivity contribution in [2.75, 3.05) is 19.7 Å². The molecule has 7 heteroatoms. The first-order chi connectivity index (χ1) is 18.9. The summed E-state index contributed by atoms with van der Waals surface area (Å²) >= 11 is 0. The van der Waals surface area contributed by atoms with Crippen LogP contribution in [0.2, 0.25) is 0 Å². The van der Waals surface area contributed by atoms with Crippen molar-refractivity contribution in [3.05, 3.63) is 94.5 Å². The van der Waals surface area contributed by atoms with Crippen molar-refractivity contribution in [2.45, 2.75) is 58.0 Å². The lowest BCUT2D eigenvalue weighted by Gasteiger charge is -2.32. The van der Waals surface area contributed by atoms with E-state index in [2.05, 4.69) is 12.1 Å². The second-order valence-corrected chi connectivity index (χ2v) is 10.5. The van der Waals surface area contributed by atoms with Crippen LogP contribution in [0, 0.1) is 11.3 Å². The predicted molar refractivity (Wildman–Crippen MR) is 146 cm³/mol. The zero-order chi connectivity index (χ0) is 27.2. The maximum Gasteiger partial charge on any atom is 0.410 e. The van der Waals surface area contributed by atoms with Gasteiger partial charge >= 0.3 is 6.09 Å². The molecule has 7 nitrogen and oxygen atoms in total. The minimum absolute atomic E-state index is 0.286. The first-order valence-corrected chi connectivity index (χ1v) is 13.5. The van der Waals surface area contributed by atoms with Gasteiger partial charge in [0.25, 0.3) is 0 Å². The average Bonchev–Trinajstić information content (AvgIpc) is 3.32. The van der Waals surface area contributed by atoms with E-state index in [1.165, 1.54) is 5.56 Å². The Morgan fingerprint density at radius 1 is 1.03 bits per heavy atom. The Balaban J connectivity index is 1.04. The van der Waals surface area contributed by atoms with Crippen molar-refractivity contribution in [1.29, 1.82) is 5.26 Å². The van der Waals surface area contributed by atoms with Gasteiger partial charge in [0.15, 0.2) is 0 Å². The van der Waals surface area contributed by atoms with Crippen LogP contribution in [0.5, 0.6) is 11.5 Å². The van der Waals surface area contributed by atoms with E-state index >= 15 is 0 Å². The lowest BCUT2D eigenvalue weighted by atomic mass is 10.0. The number of benzene rings is 3. The maximum absolute atomic E-state index is 12.5. The van der Waals surface area contributed by atoms with Crippen molar-refractivity contribution in [2.24, 2.45) is 0 Å². The van der Waals surface area contributed by atoms with Crippen LogP contribution in [0.3, 0.4) is 0 Å². The van der Waals surface area contributed by atoms with E-state index in [0.717, 1.165) is 53.9 Å². The molecule has 2 aliphatic heterocycles. The topological polar surface area (TPSA) is 81.0 Å². The molecule has 3 aromatic rings. The molecule has 0 bridgehead atoms. The molecule has 5 rings (SSSR count). The lowest BCUT2D eigenvalue weighted by molar-refractivity contribution is -0.180. The minimum Gasteiger partial charge on any atom is -0.494 e. The average molecular weight is 527 g/mol. The Labute approximate surface area is 229 Å². The highest BCUT2D eigenvalue weighted by Gasteiger charge is 2.33. The Morgan fingerprint density at radius 3 is 2.69 bits per heavy atom. The number of rotatable bonds is 10. The highest BCUT2D eigenvalue weighted by atomic mass is 16.7. The highest BCUT2D eigenvalue weighted by Crippen LogP contribution is 2.35. The number of carbonyl (C=O) groups is 1. The van der Waals surface area contributed by atoms with Gasteiger partial charge in [0.05, 0.1) is 31.4 Å². The number of hydrogen-bond donors (Lipinski definition) is 0. The lowest BCUT2D eigenvalue weighted by Crippen LogP contribution is -2.35. The van der Waals surface area contributed by atoms with E-state index in [0.29, 0.717) is 31.9 Å². The summed E-state index contributed by atoms with van der Waals surface area (Å²) in [5, 5.41) is 9.02. The molecule has 202 valence electrons. The molecular formula is C32H34N2O5. The third-order valence-corrected chi connectivity index (χ3v) is 7.05. The summed E-state index contributed by atoms with van der Waals surface area (Å²) < 4.78 is 23.2. The molecule has 2 heterocycles. The van der Waals surface area contributed by atoms with Crippen molar-refractivity contribution in [3.8, 4) is 17.6 Å². The van der Waals surface area contributed by atoms with Crippen LogP contribution in [0.15, 0.2) is 66.7 Å². The fourth-order valence-corrected chi connectivity index (χ4v) is 4.86. The zero-order valence-electron chi connectivity index (χ0n) is 22.5. The number of carbonyl (C=O) groups excluding carboxylic acids is 1. The first kappa shape index (κ1) is 26.6. The number of fused-ring (bicyclic) bond motifs is 1. The molecule has 3 aromatic carbocycles. The Bertz CT molecular complexity index is 1350. The number of unbranched alkanes of at least 4 members (excludes halogenated alkanes) is 1. The van der Waals surface area contributed by atoms with Crippen molar-refractivity contribution >= 4 is 6.09 Å². The van der Waals surface area contributed by atoms with Crippen LogP contribution < -0.4 is 9.47 Å². The first-order valence-electron chi connectivity index (χ1n) is 13.5. The molecule has 0 spiro atoms. The van der Waals surface area contributed by atoms with Gasteiger partial charge in [0.1, 0.15) is 17.6 Å². The van der Waals surface area contributed by atoms with Gasteiger partial charge in [-0.1, -0.05) is 30.3 Å². The molecular weight excluding hydrogens is 492 g/mol. The third-order valence-electron chi connectivity index (χ3n) is 7.05. The number of hydrogen-bond acceptors (Lipinski definition) is 6. The number of nitrogens with zero attached hydrogens (tertiary/aromatic N) is 2. The fraction of sp³-hybridized carbons (Fsp3) is 0.375. The van der Waals surface area contributed by atoms with Crippen molar-refractivity contribution in [3.63, 3.8) is 0 Å². The molecule has 1 amide bonds. The van der Waals surface area contributed by atoms with E-state index in [4.69, 9.17) is 24.2 Å². The molecule has 1 unspecified atom stereocenters. The van der Waals surface area contributed by atoms with Gasteiger partial charge in [0.2, 0.25) is 5.79 Å². The van der Waals surface area contributed by atoms with E-state index in [9.17, 15) is 4.79 Å². The van der Waals surface area contributed by atoms with Gasteiger partial charge < -0.3 is 23.8 Å². The Morgan fingerprint density at radius 2 is 1.87 bits per heavy atom. The van der Waals surface area contributed by atoms with Crippen LogP contribution in [0.4, 0.5) is 4.79 Å². The molecule has 39 heavy (non-hydrogen) atoms. The third kappa shape index (κ3) is 6.90. The minimum atomic E-state index is -0.636. The SMILES string of the molecule is CC1(C)OCc2cc(C3CN(CCc4ccc(OCCCCc5cccc(C#N)c5)cc4)C(=O)O3)ccc2O1.